The average molecular weight is 278 g/mol. The number of nitrogen functional groups attached to an aromatic ring is 1. The molecule has 18 heavy (non-hydrogen) atoms. The molecule has 2 rings (SSSR count). The number of benzene rings is 1. The summed E-state index contributed by atoms with van der Waals surface area (Å²) in [7, 11) is 0. The van der Waals surface area contributed by atoms with Crippen LogP contribution in [-0.2, 0) is 6.42 Å². The number of pyridine rings is 1. The SMILES string of the molecule is N#CCc1nc(-c2ccc(Cl)cc2Cl)ccc1N. The molecule has 0 saturated heterocycles. The smallest absolute Gasteiger partial charge is 0.0795 e. The highest BCUT2D eigenvalue weighted by atomic mass is 35.5. The Balaban J connectivity index is 2.51. The van der Waals surface area contributed by atoms with Crippen molar-refractivity contribution in [2.45, 2.75) is 6.42 Å². The van der Waals surface area contributed by atoms with Gasteiger partial charge >= 0.3 is 0 Å². The third-order valence-corrected chi connectivity index (χ3v) is 3.01. The maximum atomic E-state index is 8.71. The van der Waals surface area contributed by atoms with Crippen molar-refractivity contribution in [2.24, 2.45) is 0 Å². The van der Waals surface area contributed by atoms with Gasteiger partial charge in [0, 0.05) is 10.6 Å². The zero-order valence-corrected chi connectivity index (χ0v) is 10.8. The highest BCUT2D eigenvalue weighted by Gasteiger charge is 2.08. The van der Waals surface area contributed by atoms with Crippen LogP contribution in [0.1, 0.15) is 5.69 Å². The van der Waals surface area contributed by atoms with Gasteiger partial charge in [-0.15, -0.1) is 0 Å². The Morgan fingerprint density at radius 2 is 2.00 bits per heavy atom. The molecule has 0 aliphatic rings. The normalized spacial score (nSPS) is 10.1. The first-order valence-electron chi connectivity index (χ1n) is 5.19. The lowest BCUT2D eigenvalue weighted by molar-refractivity contribution is 1.12. The Morgan fingerprint density at radius 3 is 2.67 bits per heavy atom. The van der Waals surface area contributed by atoms with Crippen LogP contribution >= 0.6 is 23.2 Å². The molecule has 0 amide bonds. The topological polar surface area (TPSA) is 62.7 Å². The fraction of sp³-hybridized carbons (Fsp3) is 0.0769. The van der Waals surface area contributed by atoms with Gasteiger partial charge < -0.3 is 5.73 Å². The summed E-state index contributed by atoms with van der Waals surface area (Å²) in [6.45, 7) is 0. The molecule has 5 heteroatoms. The number of aromatic nitrogens is 1. The van der Waals surface area contributed by atoms with Crippen LogP contribution in [0.5, 0.6) is 0 Å². The van der Waals surface area contributed by atoms with Crippen LogP contribution in [0, 0.1) is 11.3 Å². The quantitative estimate of drug-likeness (QED) is 0.910. The molecule has 0 radical (unpaired) electrons. The van der Waals surface area contributed by atoms with Crippen LogP contribution in [0.3, 0.4) is 0 Å². The molecule has 0 fully saturated rings. The lowest BCUT2D eigenvalue weighted by atomic mass is 10.1. The third kappa shape index (κ3) is 2.56. The van der Waals surface area contributed by atoms with Crippen molar-refractivity contribution >= 4 is 28.9 Å². The molecule has 90 valence electrons. The fourth-order valence-electron chi connectivity index (χ4n) is 1.58. The van der Waals surface area contributed by atoms with E-state index in [2.05, 4.69) is 4.98 Å². The monoisotopic (exact) mass is 277 g/mol. The second-order valence-corrected chi connectivity index (χ2v) is 4.54. The van der Waals surface area contributed by atoms with Gasteiger partial charge in [-0.2, -0.15) is 5.26 Å². The van der Waals surface area contributed by atoms with Gasteiger partial charge in [-0.3, -0.25) is 0 Å². The summed E-state index contributed by atoms with van der Waals surface area (Å²) in [5, 5.41) is 9.79. The molecule has 0 unspecified atom stereocenters. The molecular formula is C13H9Cl2N3. The van der Waals surface area contributed by atoms with Crippen LogP contribution in [0.25, 0.3) is 11.3 Å². The van der Waals surface area contributed by atoms with Crippen molar-refractivity contribution in [1.29, 1.82) is 5.26 Å². The first kappa shape index (κ1) is 12.7. The number of rotatable bonds is 2. The van der Waals surface area contributed by atoms with E-state index in [9.17, 15) is 0 Å². The average Bonchev–Trinajstić information content (AvgIpc) is 2.33. The Morgan fingerprint density at radius 1 is 1.22 bits per heavy atom. The van der Waals surface area contributed by atoms with E-state index in [1.54, 1.807) is 30.3 Å². The van der Waals surface area contributed by atoms with Crippen LogP contribution in [0.4, 0.5) is 5.69 Å². The number of hydrogen-bond donors (Lipinski definition) is 1. The minimum absolute atomic E-state index is 0.172. The molecule has 2 N–H and O–H groups in total. The van der Waals surface area contributed by atoms with Gasteiger partial charge in [0.1, 0.15) is 0 Å². The zero-order valence-electron chi connectivity index (χ0n) is 9.32. The standard InChI is InChI=1S/C13H9Cl2N3/c14-8-1-2-9(10(15)7-8)12-4-3-11(17)13(18-12)5-6-16/h1-4,7H,5,17H2. The predicted octanol–water partition coefficient (Wildman–Crippen LogP) is 3.70. The maximum Gasteiger partial charge on any atom is 0.0795 e. The van der Waals surface area contributed by atoms with Crippen molar-refractivity contribution in [3.05, 3.63) is 46.1 Å². The summed E-state index contributed by atoms with van der Waals surface area (Å²) in [5.41, 5.74) is 8.25. The lowest BCUT2D eigenvalue weighted by Crippen LogP contribution is -1.98. The van der Waals surface area contributed by atoms with Crippen molar-refractivity contribution in [2.75, 3.05) is 5.73 Å². The number of nitrogens with two attached hydrogens (primary N) is 1. The molecule has 0 aliphatic carbocycles. The zero-order chi connectivity index (χ0) is 13.1. The van der Waals surface area contributed by atoms with Crippen LogP contribution in [0.2, 0.25) is 10.0 Å². The van der Waals surface area contributed by atoms with E-state index in [1.807, 2.05) is 6.07 Å². The number of anilines is 1. The third-order valence-electron chi connectivity index (χ3n) is 2.46. The summed E-state index contributed by atoms with van der Waals surface area (Å²) in [5.74, 6) is 0. The minimum Gasteiger partial charge on any atom is -0.397 e. The highest BCUT2D eigenvalue weighted by molar-refractivity contribution is 6.36. The Labute approximate surface area is 115 Å². The van der Waals surface area contributed by atoms with E-state index in [-0.39, 0.29) is 6.42 Å². The van der Waals surface area contributed by atoms with Gasteiger partial charge in [0.25, 0.3) is 0 Å². The molecule has 0 saturated carbocycles. The van der Waals surface area contributed by atoms with Gasteiger partial charge in [-0.25, -0.2) is 4.98 Å². The van der Waals surface area contributed by atoms with Crippen molar-refractivity contribution < 1.29 is 0 Å². The predicted molar refractivity (Wildman–Crippen MR) is 73.4 cm³/mol. The van der Waals surface area contributed by atoms with E-state index in [0.717, 1.165) is 5.56 Å². The van der Waals surface area contributed by atoms with E-state index >= 15 is 0 Å². The molecule has 1 aromatic heterocycles. The Bertz CT molecular complexity index is 633. The van der Waals surface area contributed by atoms with E-state index in [0.29, 0.717) is 27.1 Å². The summed E-state index contributed by atoms with van der Waals surface area (Å²) in [6.07, 6.45) is 0.172. The Kier molecular flexibility index (Phi) is 3.71. The largest absolute Gasteiger partial charge is 0.397 e. The van der Waals surface area contributed by atoms with Crippen LogP contribution < -0.4 is 5.73 Å². The summed E-state index contributed by atoms with van der Waals surface area (Å²) < 4.78 is 0. The lowest BCUT2D eigenvalue weighted by Gasteiger charge is -2.07. The summed E-state index contributed by atoms with van der Waals surface area (Å²) >= 11 is 12.0. The molecule has 2 aromatic rings. The van der Waals surface area contributed by atoms with Gasteiger partial charge in [0.2, 0.25) is 0 Å². The van der Waals surface area contributed by atoms with Crippen molar-refractivity contribution in [3.63, 3.8) is 0 Å². The van der Waals surface area contributed by atoms with Crippen LogP contribution in [0.15, 0.2) is 30.3 Å². The molecule has 1 aromatic carbocycles. The molecular weight excluding hydrogens is 269 g/mol. The highest BCUT2D eigenvalue weighted by Crippen LogP contribution is 2.30. The Hall–Kier alpha value is -1.76. The number of nitriles is 1. The van der Waals surface area contributed by atoms with Gasteiger partial charge in [-0.05, 0) is 30.3 Å². The first-order valence-corrected chi connectivity index (χ1v) is 5.95. The van der Waals surface area contributed by atoms with Crippen molar-refractivity contribution in [1.82, 2.24) is 4.98 Å². The van der Waals surface area contributed by atoms with E-state index in [1.165, 1.54) is 0 Å². The minimum atomic E-state index is 0.172. The number of hydrogen-bond acceptors (Lipinski definition) is 3. The fourth-order valence-corrected chi connectivity index (χ4v) is 2.08. The van der Waals surface area contributed by atoms with Gasteiger partial charge in [-0.1, -0.05) is 23.2 Å². The second-order valence-electron chi connectivity index (χ2n) is 3.69. The second kappa shape index (κ2) is 5.26. The molecule has 0 aliphatic heterocycles. The summed E-state index contributed by atoms with van der Waals surface area (Å²) in [4.78, 5) is 4.35. The van der Waals surface area contributed by atoms with Gasteiger partial charge in [0.15, 0.2) is 0 Å². The van der Waals surface area contributed by atoms with E-state index < -0.39 is 0 Å². The summed E-state index contributed by atoms with van der Waals surface area (Å²) in [6, 6.07) is 10.7. The number of nitrogens with zero attached hydrogens (tertiary/aromatic N) is 2. The van der Waals surface area contributed by atoms with Gasteiger partial charge in [0.05, 0.1) is 34.6 Å². The molecule has 0 spiro atoms. The van der Waals surface area contributed by atoms with Crippen molar-refractivity contribution in [3.8, 4) is 17.3 Å². The van der Waals surface area contributed by atoms with E-state index in [4.69, 9.17) is 34.2 Å². The molecule has 0 atom stereocenters. The molecule has 3 nitrogen and oxygen atoms in total. The number of halogens is 2. The first-order chi connectivity index (χ1) is 8.61. The van der Waals surface area contributed by atoms with Crippen LogP contribution in [-0.4, -0.2) is 4.98 Å². The molecule has 1 heterocycles. The molecule has 0 bridgehead atoms. The maximum absolute atomic E-state index is 8.71.